The highest BCUT2D eigenvalue weighted by Crippen LogP contribution is 2.15. The van der Waals surface area contributed by atoms with Crippen LogP contribution in [0.5, 0.6) is 0 Å². The Balaban J connectivity index is 2.26. The standard InChI is InChI=1S/C13H9OS/c14-13(10-6-2-1-3-7-10)11-8-4-5-9-12(11)15/h1-8,11H. The van der Waals surface area contributed by atoms with Gasteiger partial charge in [-0.05, 0) is 6.08 Å². The fraction of sp³-hybridized carbons (Fsp3) is 0.0769. The van der Waals surface area contributed by atoms with Crippen molar-refractivity contribution in [2.24, 2.45) is 5.92 Å². The van der Waals surface area contributed by atoms with Gasteiger partial charge in [-0.2, -0.15) is 0 Å². The average molecular weight is 213 g/mol. The second-order valence-electron chi connectivity index (χ2n) is 3.27. The maximum Gasteiger partial charge on any atom is 0.174 e. The Bertz CT molecular complexity index is 443. The summed E-state index contributed by atoms with van der Waals surface area (Å²) < 4.78 is 0. The number of hydrogen-bond donors (Lipinski definition) is 0. The molecule has 73 valence electrons. The van der Waals surface area contributed by atoms with E-state index in [0.29, 0.717) is 10.4 Å². The molecule has 0 fully saturated rings. The summed E-state index contributed by atoms with van der Waals surface area (Å²) in [5, 5.41) is 0. The molecule has 1 aliphatic rings. The molecule has 1 aromatic rings. The van der Waals surface area contributed by atoms with Crippen LogP contribution in [0.3, 0.4) is 0 Å². The molecule has 15 heavy (non-hydrogen) atoms. The summed E-state index contributed by atoms with van der Waals surface area (Å²) >= 11 is 5.09. The summed E-state index contributed by atoms with van der Waals surface area (Å²) in [5.74, 6) is -0.287. The number of allylic oxidation sites excluding steroid dienone is 4. The topological polar surface area (TPSA) is 17.1 Å². The van der Waals surface area contributed by atoms with Gasteiger partial charge in [0.05, 0.1) is 5.92 Å². The smallest absolute Gasteiger partial charge is 0.174 e. The van der Waals surface area contributed by atoms with Gasteiger partial charge in [0, 0.05) is 10.4 Å². The third kappa shape index (κ3) is 2.10. The van der Waals surface area contributed by atoms with Crippen molar-refractivity contribution >= 4 is 22.9 Å². The Morgan fingerprint density at radius 2 is 2.00 bits per heavy atom. The lowest BCUT2D eigenvalue weighted by molar-refractivity contribution is 0.0973. The summed E-state index contributed by atoms with van der Waals surface area (Å²) in [6.07, 6.45) is 8.24. The van der Waals surface area contributed by atoms with E-state index in [2.05, 4.69) is 6.08 Å². The molecule has 0 saturated heterocycles. The van der Waals surface area contributed by atoms with Crippen molar-refractivity contribution < 1.29 is 4.79 Å². The second-order valence-corrected chi connectivity index (χ2v) is 3.71. The van der Waals surface area contributed by atoms with Crippen LogP contribution in [-0.2, 0) is 0 Å². The molecule has 0 N–H and O–H groups in total. The van der Waals surface area contributed by atoms with E-state index in [1.54, 1.807) is 24.3 Å². The summed E-state index contributed by atoms with van der Waals surface area (Å²) in [6, 6.07) is 9.19. The molecule has 1 nitrogen and oxygen atoms in total. The van der Waals surface area contributed by atoms with Gasteiger partial charge in [0.2, 0.25) is 0 Å². The summed E-state index contributed by atoms with van der Waals surface area (Å²) in [5.41, 5.74) is 0.693. The quantitative estimate of drug-likeness (QED) is 0.555. The maximum absolute atomic E-state index is 12.0. The molecule has 0 aliphatic heterocycles. The van der Waals surface area contributed by atoms with E-state index in [-0.39, 0.29) is 11.7 Å². The van der Waals surface area contributed by atoms with Crippen LogP contribution in [0.2, 0.25) is 0 Å². The summed E-state index contributed by atoms with van der Waals surface area (Å²) in [7, 11) is 0. The lowest BCUT2D eigenvalue weighted by atomic mass is 9.92. The third-order valence-corrected chi connectivity index (χ3v) is 2.62. The SMILES string of the molecule is O=C(c1ccccc1)C1C=CC=[C]C1=S. The monoisotopic (exact) mass is 213 g/mol. The molecule has 1 radical (unpaired) electrons. The van der Waals surface area contributed by atoms with Crippen LogP contribution in [0.15, 0.2) is 48.6 Å². The highest BCUT2D eigenvalue weighted by atomic mass is 32.1. The second kappa shape index (κ2) is 4.32. The summed E-state index contributed by atoms with van der Waals surface area (Å²) in [6.45, 7) is 0. The first-order chi connectivity index (χ1) is 7.29. The zero-order valence-corrected chi connectivity index (χ0v) is 8.83. The van der Waals surface area contributed by atoms with Gasteiger partial charge in [0.1, 0.15) is 0 Å². The highest BCUT2D eigenvalue weighted by Gasteiger charge is 2.21. The van der Waals surface area contributed by atoms with E-state index in [1.807, 2.05) is 24.3 Å². The summed E-state index contributed by atoms with van der Waals surface area (Å²) in [4.78, 5) is 12.6. The zero-order chi connectivity index (χ0) is 10.7. The van der Waals surface area contributed by atoms with Gasteiger partial charge in [-0.15, -0.1) is 0 Å². The van der Waals surface area contributed by atoms with Crippen molar-refractivity contribution in [3.05, 3.63) is 60.2 Å². The maximum atomic E-state index is 12.0. The lowest BCUT2D eigenvalue weighted by Gasteiger charge is -2.12. The van der Waals surface area contributed by atoms with Crippen molar-refractivity contribution in [3.63, 3.8) is 0 Å². The number of carbonyl (C=O) groups is 1. The van der Waals surface area contributed by atoms with E-state index in [9.17, 15) is 4.79 Å². The van der Waals surface area contributed by atoms with Gasteiger partial charge in [0.25, 0.3) is 0 Å². The fourth-order valence-electron chi connectivity index (χ4n) is 1.46. The lowest BCUT2D eigenvalue weighted by Crippen LogP contribution is -2.21. The number of ketones is 1. The van der Waals surface area contributed by atoms with E-state index < -0.39 is 0 Å². The molecule has 2 heteroatoms. The average Bonchev–Trinajstić information content (AvgIpc) is 2.30. The van der Waals surface area contributed by atoms with Crippen molar-refractivity contribution in [1.29, 1.82) is 0 Å². The third-order valence-electron chi connectivity index (χ3n) is 2.25. The predicted molar refractivity (Wildman–Crippen MR) is 63.8 cm³/mol. The van der Waals surface area contributed by atoms with Crippen molar-refractivity contribution in [2.45, 2.75) is 0 Å². The Kier molecular flexibility index (Phi) is 2.88. The van der Waals surface area contributed by atoms with Gasteiger partial charge >= 0.3 is 0 Å². The van der Waals surface area contributed by atoms with Crippen LogP contribution < -0.4 is 0 Å². The Morgan fingerprint density at radius 1 is 1.27 bits per heavy atom. The number of benzene rings is 1. The van der Waals surface area contributed by atoms with Gasteiger partial charge in [-0.3, -0.25) is 4.79 Å². The van der Waals surface area contributed by atoms with Gasteiger partial charge in [0.15, 0.2) is 5.78 Å². The van der Waals surface area contributed by atoms with E-state index >= 15 is 0 Å². The first-order valence-corrected chi connectivity index (χ1v) is 5.09. The molecule has 1 unspecified atom stereocenters. The molecule has 0 heterocycles. The van der Waals surface area contributed by atoms with E-state index in [0.717, 1.165) is 0 Å². The van der Waals surface area contributed by atoms with Crippen LogP contribution in [0, 0.1) is 12.0 Å². The minimum atomic E-state index is -0.326. The first-order valence-electron chi connectivity index (χ1n) is 4.68. The Hall–Kier alpha value is -1.54. The molecule has 0 amide bonds. The number of Topliss-reactive ketones (excluding diaryl/α,β-unsaturated/α-hetero) is 1. The van der Waals surface area contributed by atoms with Crippen LogP contribution in [0.25, 0.3) is 0 Å². The molecular formula is C13H9OS. The molecular weight excluding hydrogens is 204 g/mol. The number of thiocarbonyl (C=S) groups is 1. The van der Waals surface area contributed by atoms with Crippen molar-refractivity contribution in [2.75, 3.05) is 0 Å². The van der Waals surface area contributed by atoms with Crippen molar-refractivity contribution in [3.8, 4) is 0 Å². The predicted octanol–water partition coefficient (Wildman–Crippen LogP) is 2.78. The number of rotatable bonds is 2. The molecule has 0 bridgehead atoms. The van der Waals surface area contributed by atoms with Crippen LogP contribution in [0.1, 0.15) is 10.4 Å². The fourth-order valence-corrected chi connectivity index (χ4v) is 1.72. The molecule has 1 aromatic carbocycles. The van der Waals surface area contributed by atoms with Crippen LogP contribution in [-0.4, -0.2) is 10.6 Å². The van der Waals surface area contributed by atoms with Gasteiger partial charge in [-0.1, -0.05) is 60.8 Å². The van der Waals surface area contributed by atoms with Crippen LogP contribution in [0.4, 0.5) is 0 Å². The Labute approximate surface area is 94.1 Å². The molecule has 1 aliphatic carbocycles. The van der Waals surface area contributed by atoms with Crippen LogP contribution >= 0.6 is 12.2 Å². The molecule has 0 saturated carbocycles. The molecule has 2 rings (SSSR count). The minimum absolute atomic E-state index is 0.0393. The van der Waals surface area contributed by atoms with Crippen molar-refractivity contribution in [1.82, 2.24) is 0 Å². The van der Waals surface area contributed by atoms with Gasteiger partial charge in [-0.25, -0.2) is 0 Å². The highest BCUT2D eigenvalue weighted by molar-refractivity contribution is 7.80. The van der Waals surface area contributed by atoms with Gasteiger partial charge < -0.3 is 0 Å². The largest absolute Gasteiger partial charge is 0.293 e. The zero-order valence-electron chi connectivity index (χ0n) is 8.01. The number of carbonyl (C=O) groups excluding carboxylic acids is 1. The minimum Gasteiger partial charge on any atom is -0.293 e. The molecule has 0 aromatic heterocycles. The molecule has 0 spiro atoms. The normalized spacial score (nSPS) is 19.2. The molecule has 1 atom stereocenters. The van der Waals surface area contributed by atoms with E-state index in [1.165, 1.54) is 0 Å². The van der Waals surface area contributed by atoms with E-state index in [4.69, 9.17) is 12.2 Å². The Morgan fingerprint density at radius 3 is 2.67 bits per heavy atom. The number of hydrogen-bond acceptors (Lipinski definition) is 2. The first kappa shape index (κ1) is 9.99.